The van der Waals surface area contributed by atoms with Crippen LogP contribution in [-0.2, 0) is 4.74 Å². The molecule has 2 aliphatic carbocycles. The van der Waals surface area contributed by atoms with E-state index in [0.717, 1.165) is 43.3 Å². The third kappa shape index (κ3) is 5.92. The average Bonchev–Trinajstić information content (AvgIpc) is 3.18. The summed E-state index contributed by atoms with van der Waals surface area (Å²) >= 11 is 1.99. The molecule has 0 heterocycles. The van der Waals surface area contributed by atoms with Gasteiger partial charge >= 0.3 is 0 Å². The quantitative estimate of drug-likeness (QED) is 0.410. The standard InChI is InChI=1S/C15H29N3OS/c1-16-15(18-13-6-7-14(10-13)20-2)17-8-3-9-19-11-12-4-5-12/h12-14H,3-11H2,1-2H3,(H2,16,17,18). The van der Waals surface area contributed by atoms with Gasteiger partial charge in [0.15, 0.2) is 5.96 Å². The van der Waals surface area contributed by atoms with E-state index in [2.05, 4.69) is 21.9 Å². The summed E-state index contributed by atoms with van der Waals surface area (Å²) in [6.07, 6.45) is 9.83. The molecule has 5 heteroatoms. The summed E-state index contributed by atoms with van der Waals surface area (Å²) in [7, 11) is 1.85. The summed E-state index contributed by atoms with van der Waals surface area (Å²) in [4.78, 5) is 4.31. The van der Waals surface area contributed by atoms with Crippen LogP contribution >= 0.6 is 11.8 Å². The minimum atomic E-state index is 0.588. The Morgan fingerprint density at radius 1 is 1.30 bits per heavy atom. The van der Waals surface area contributed by atoms with Crippen molar-refractivity contribution in [3.63, 3.8) is 0 Å². The van der Waals surface area contributed by atoms with Crippen LogP contribution in [0.2, 0.25) is 0 Å². The third-order valence-corrected chi connectivity index (χ3v) is 5.19. The molecular formula is C15H29N3OS. The lowest BCUT2D eigenvalue weighted by atomic mass is 10.2. The molecule has 0 amide bonds. The SMILES string of the molecule is CN=C(NCCCOCC1CC1)NC1CCC(SC)C1. The van der Waals surface area contributed by atoms with Gasteiger partial charge in [0.25, 0.3) is 0 Å². The topological polar surface area (TPSA) is 45.7 Å². The summed E-state index contributed by atoms with van der Waals surface area (Å²) in [5, 5.41) is 7.74. The van der Waals surface area contributed by atoms with E-state index in [1.165, 1.54) is 32.1 Å². The number of thioether (sulfide) groups is 1. The summed E-state index contributed by atoms with van der Waals surface area (Å²) in [5.74, 6) is 1.81. The molecule has 2 atom stereocenters. The number of rotatable bonds is 8. The number of ether oxygens (including phenoxy) is 1. The van der Waals surface area contributed by atoms with E-state index >= 15 is 0 Å². The average molecular weight is 299 g/mol. The van der Waals surface area contributed by atoms with E-state index in [1.807, 2.05) is 18.8 Å². The normalized spacial score (nSPS) is 26.8. The molecule has 0 aromatic carbocycles. The summed E-state index contributed by atoms with van der Waals surface area (Å²) in [6.45, 7) is 2.76. The van der Waals surface area contributed by atoms with Crippen LogP contribution in [0.15, 0.2) is 4.99 Å². The molecule has 2 fully saturated rings. The van der Waals surface area contributed by atoms with Gasteiger partial charge in [0.2, 0.25) is 0 Å². The van der Waals surface area contributed by atoms with Crippen LogP contribution in [0, 0.1) is 5.92 Å². The van der Waals surface area contributed by atoms with E-state index < -0.39 is 0 Å². The van der Waals surface area contributed by atoms with Crippen LogP contribution in [-0.4, -0.2) is 50.3 Å². The molecule has 4 nitrogen and oxygen atoms in total. The van der Waals surface area contributed by atoms with E-state index in [-0.39, 0.29) is 0 Å². The highest BCUT2D eigenvalue weighted by molar-refractivity contribution is 7.99. The Bertz CT molecular complexity index is 307. The fourth-order valence-electron chi connectivity index (χ4n) is 2.59. The van der Waals surface area contributed by atoms with Crippen molar-refractivity contribution in [3.8, 4) is 0 Å². The summed E-state index contributed by atoms with van der Waals surface area (Å²) < 4.78 is 5.63. The first kappa shape index (κ1) is 16.0. The first-order valence-electron chi connectivity index (χ1n) is 7.89. The van der Waals surface area contributed by atoms with Gasteiger partial charge in [-0.05, 0) is 50.7 Å². The van der Waals surface area contributed by atoms with Gasteiger partial charge in [-0.3, -0.25) is 4.99 Å². The molecule has 2 unspecified atom stereocenters. The number of hydrogen-bond acceptors (Lipinski definition) is 3. The highest BCUT2D eigenvalue weighted by atomic mass is 32.2. The third-order valence-electron chi connectivity index (χ3n) is 4.09. The highest BCUT2D eigenvalue weighted by Crippen LogP contribution is 2.29. The second-order valence-electron chi connectivity index (χ2n) is 5.88. The van der Waals surface area contributed by atoms with Crippen molar-refractivity contribution in [1.82, 2.24) is 10.6 Å². The molecule has 116 valence electrons. The number of nitrogens with zero attached hydrogens (tertiary/aromatic N) is 1. The van der Waals surface area contributed by atoms with Gasteiger partial charge in [-0.25, -0.2) is 0 Å². The number of guanidine groups is 1. The van der Waals surface area contributed by atoms with Gasteiger partial charge in [-0.15, -0.1) is 0 Å². The Balaban J connectivity index is 1.51. The van der Waals surface area contributed by atoms with Crippen LogP contribution in [0.4, 0.5) is 0 Å². The van der Waals surface area contributed by atoms with Crippen molar-refractivity contribution in [2.45, 2.75) is 49.8 Å². The summed E-state index contributed by atoms with van der Waals surface area (Å²) in [5.41, 5.74) is 0. The number of aliphatic imine (C=N–C) groups is 1. The maximum Gasteiger partial charge on any atom is 0.191 e. The van der Waals surface area contributed by atoms with Crippen LogP contribution in [0.3, 0.4) is 0 Å². The van der Waals surface area contributed by atoms with Crippen LogP contribution in [0.25, 0.3) is 0 Å². The van der Waals surface area contributed by atoms with Gasteiger partial charge in [0, 0.05) is 38.1 Å². The second-order valence-corrected chi connectivity index (χ2v) is 7.02. The molecule has 0 aromatic heterocycles. The van der Waals surface area contributed by atoms with Crippen molar-refractivity contribution >= 4 is 17.7 Å². The van der Waals surface area contributed by atoms with Crippen molar-refractivity contribution in [2.75, 3.05) is 33.1 Å². The molecule has 2 N–H and O–H groups in total. The minimum absolute atomic E-state index is 0.588. The van der Waals surface area contributed by atoms with Gasteiger partial charge in [0.1, 0.15) is 0 Å². The predicted octanol–water partition coefficient (Wildman–Crippen LogP) is 2.25. The minimum Gasteiger partial charge on any atom is -0.381 e. The van der Waals surface area contributed by atoms with E-state index in [9.17, 15) is 0 Å². The van der Waals surface area contributed by atoms with Crippen LogP contribution in [0.5, 0.6) is 0 Å². The zero-order valence-corrected chi connectivity index (χ0v) is 13.7. The van der Waals surface area contributed by atoms with Crippen molar-refractivity contribution in [3.05, 3.63) is 0 Å². The predicted molar refractivity (Wildman–Crippen MR) is 87.6 cm³/mol. The maximum atomic E-state index is 5.63. The molecule has 0 aliphatic heterocycles. The van der Waals surface area contributed by atoms with Gasteiger partial charge < -0.3 is 15.4 Å². The first-order chi connectivity index (χ1) is 9.81. The molecule has 2 rings (SSSR count). The lowest BCUT2D eigenvalue weighted by Gasteiger charge is -2.17. The summed E-state index contributed by atoms with van der Waals surface area (Å²) in [6, 6.07) is 0.588. The van der Waals surface area contributed by atoms with Crippen molar-refractivity contribution in [2.24, 2.45) is 10.9 Å². The molecule has 0 spiro atoms. The Hall–Kier alpha value is -0.420. The van der Waals surface area contributed by atoms with Crippen molar-refractivity contribution < 1.29 is 4.74 Å². The van der Waals surface area contributed by atoms with E-state index in [1.54, 1.807) is 0 Å². The molecule has 2 aliphatic rings. The fraction of sp³-hybridized carbons (Fsp3) is 0.933. The highest BCUT2D eigenvalue weighted by Gasteiger charge is 2.24. The molecule has 0 bridgehead atoms. The maximum absolute atomic E-state index is 5.63. The van der Waals surface area contributed by atoms with Gasteiger partial charge in [-0.1, -0.05) is 0 Å². The zero-order valence-electron chi connectivity index (χ0n) is 12.9. The second kappa shape index (κ2) is 8.78. The number of nitrogens with one attached hydrogen (secondary N) is 2. The van der Waals surface area contributed by atoms with Crippen molar-refractivity contribution in [1.29, 1.82) is 0 Å². The van der Waals surface area contributed by atoms with Crippen LogP contribution in [0.1, 0.15) is 38.5 Å². The van der Waals surface area contributed by atoms with E-state index in [0.29, 0.717) is 6.04 Å². The molecule has 2 saturated carbocycles. The van der Waals surface area contributed by atoms with Gasteiger partial charge in [-0.2, -0.15) is 11.8 Å². The largest absolute Gasteiger partial charge is 0.381 e. The smallest absolute Gasteiger partial charge is 0.191 e. The lowest BCUT2D eigenvalue weighted by molar-refractivity contribution is 0.123. The molecule has 0 saturated heterocycles. The van der Waals surface area contributed by atoms with Crippen LogP contribution < -0.4 is 10.6 Å². The Labute approximate surface area is 127 Å². The lowest BCUT2D eigenvalue weighted by Crippen LogP contribution is -2.43. The van der Waals surface area contributed by atoms with Gasteiger partial charge in [0.05, 0.1) is 0 Å². The molecule has 0 aromatic rings. The molecule has 20 heavy (non-hydrogen) atoms. The monoisotopic (exact) mass is 299 g/mol. The Morgan fingerprint density at radius 3 is 2.80 bits per heavy atom. The first-order valence-corrected chi connectivity index (χ1v) is 9.18. The molecular weight excluding hydrogens is 270 g/mol. The Morgan fingerprint density at radius 2 is 2.15 bits per heavy atom. The zero-order chi connectivity index (χ0) is 14.2. The Kier molecular flexibility index (Phi) is 7.00. The molecule has 0 radical (unpaired) electrons. The van der Waals surface area contributed by atoms with E-state index in [4.69, 9.17) is 4.74 Å². The number of hydrogen-bond donors (Lipinski definition) is 2. The fourth-order valence-corrected chi connectivity index (χ4v) is 3.39.